The van der Waals surface area contributed by atoms with Gasteiger partial charge in [-0.2, -0.15) is 0 Å². The van der Waals surface area contributed by atoms with E-state index in [0.717, 1.165) is 38.5 Å². The molecule has 4 N–H and O–H groups in total. The second-order valence-electron chi connectivity index (χ2n) is 5.53. The van der Waals surface area contributed by atoms with Gasteiger partial charge in [-0.1, -0.05) is 33.1 Å². The Bertz CT molecular complexity index is 343. The zero-order chi connectivity index (χ0) is 17.0. The molecule has 130 valence electrons. The van der Waals surface area contributed by atoms with Gasteiger partial charge in [-0.25, -0.2) is 0 Å². The Morgan fingerprint density at radius 2 is 1.86 bits per heavy atom. The lowest BCUT2D eigenvalue weighted by atomic mass is 10.0. The van der Waals surface area contributed by atoms with E-state index in [1.807, 2.05) is 13.8 Å². The molecular weight excluding hydrogens is 286 g/mol. The van der Waals surface area contributed by atoms with Crippen molar-refractivity contribution in [1.82, 2.24) is 5.32 Å². The van der Waals surface area contributed by atoms with E-state index in [1.165, 1.54) is 6.92 Å². The van der Waals surface area contributed by atoms with Crippen LogP contribution in [-0.2, 0) is 9.53 Å². The second kappa shape index (κ2) is 12.4. The van der Waals surface area contributed by atoms with Crippen molar-refractivity contribution in [2.45, 2.75) is 65.6 Å². The molecule has 22 heavy (non-hydrogen) atoms. The first-order valence-corrected chi connectivity index (χ1v) is 8.05. The third kappa shape index (κ3) is 9.02. The number of unbranched alkanes of at least 4 members (excludes halogenated alkanes) is 3. The van der Waals surface area contributed by atoms with Crippen molar-refractivity contribution in [1.29, 1.82) is 0 Å². The van der Waals surface area contributed by atoms with Gasteiger partial charge in [0.25, 0.3) is 0 Å². The van der Waals surface area contributed by atoms with Crippen molar-refractivity contribution in [3.63, 3.8) is 0 Å². The zero-order valence-electron chi connectivity index (χ0n) is 14.0. The molecule has 2 atom stereocenters. The number of carbonyl (C=O) groups excluding carboxylic acids is 1. The predicted octanol–water partition coefficient (Wildman–Crippen LogP) is 2.22. The van der Waals surface area contributed by atoms with E-state index in [1.54, 1.807) is 0 Å². The van der Waals surface area contributed by atoms with Crippen LogP contribution in [0.25, 0.3) is 0 Å². The van der Waals surface area contributed by atoms with Gasteiger partial charge in [0.1, 0.15) is 11.5 Å². The van der Waals surface area contributed by atoms with Crippen LogP contribution >= 0.6 is 0 Å². The molecule has 0 heterocycles. The molecule has 0 saturated heterocycles. The van der Waals surface area contributed by atoms with Crippen LogP contribution in [0.2, 0.25) is 0 Å². The van der Waals surface area contributed by atoms with Gasteiger partial charge < -0.3 is 25.4 Å². The molecule has 0 rings (SSSR count). The maximum Gasteiger partial charge on any atom is 0.221 e. The normalized spacial score (nSPS) is 15.1. The van der Waals surface area contributed by atoms with Crippen LogP contribution in [0.1, 0.15) is 59.3 Å². The number of nitrogens with one attached hydrogen (secondary N) is 1. The van der Waals surface area contributed by atoms with E-state index in [9.17, 15) is 15.0 Å². The average Bonchev–Trinajstić information content (AvgIpc) is 2.47. The lowest BCUT2D eigenvalue weighted by molar-refractivity contribution is -0.121. The third-order valence-electron chi connectivity index (χ3n) is 3.35. The minimum atomic E-state index is -1.35. The summed E-state index contributed by atoms with van der Waals surface area (Å²) in [5, 5.41) is 31.4. The van der Waals surface area contributed by atoms with Gasteiger partial charge in [0.05, 0.1) is 6.61 Å². The maximum absolute atomic E-state index is 11.2. The molecule has 6 heteroatoms. The van der Waals surface area contributed by atoms with Crippen LogP contribution in [0, 0.1) is 5.92 Å². The Morgan fingerprint density at radius 1 is 1.23 bits per heavy atom. The molecule has 0 spiro atoms. The fraction of sp³-hybridized carbons (Fsp3) is 0.812. The largest absolute Gasteiger partial charge is 0.510 e. The summed E-state index contributed by atoms with van der Waals surface area (Å²) in [6, 6.07) is 0. The van der Waals surface area contributed by atoms with Gasteiger partial charge in [-0.05, 0) is 19.3 Å². The fourth-order valence-corrected chi connectivity index (χ4v) is 2.12. The number of aliphatic hydroxyl groups excluding tert-OH is 3. The summed E-state index contributed by atoms with van der Waals surface area (Å²) in [5.74, 6) is -0.560. The van der Waals surface area contributed by atoms with Crippen molar-refractivity contribution < 1.29 is 24.9 Å². The lowest BCUT2D eigenvalue weighted by Gasteiger charge is -2.20. The topological polar surface area (TPSA) is 99.0 Å². The standard InChI is InChI=1S/C16H31NO5/c1-4-9-12(2)15(20)14(17-13(3)19)16(21)22-11-8-6-5-7-10-18/h12,16,18,20-21H,4-11H2,1-3H3,(H,17,19)/b15-14-/t12-,16-/m0/s1. The number of amides is 1. The van der Waals surface area contributed by atoms with Crippen LogP contribution < -0.4 is 5.32 Å². The first kappa shape index (κ1) is 20.9. The number of hydrogen-bond acceptors (Lipinski definition) is 5. The number of rotatable bonds is 12. The Morgan fingerprint density at radius 3 is 2.41 bits per heavy atom. The van der Waals surface area contributed by atoms with Crippen molar-refractivity contribution in [3.05, 3.63) is 11.5 Å². The fourth-order valence-electron chi connectivity index (χ4n) is 2.12. The van der Waals surface area contributed by atoms with E-state index in [4.69, 9.17) is 9.84 Å². The van der Waals surface area contributed by atoms with E-state index < -0.39 is 6.29 Å². The molecule has 0 aromatic heterocycles. The molecule has 0 aliphatic rings. The SMILES string of the molecule is CCC[C@H](C)/C(O)=C(/NC(C)=O)[C@@H](O)OCCCCCCO. The Hall–Kier alpha value is -1.11. The minimum Gasteiger partial charge on any atom is -0.510 e. The number of hydrogen-bond donors (Lipinski definition) is 4. The molecule has 0 aliphatic carbocycles. The molecule has 0 saturated carbocycles. The van der Waals surface area contributed by atoms with E-state index in [0.29, 0.717) is 6.61 Å². The summed E-state index contributed by atoms with van der Waals surface area (Å²) in [6.45, 7) is 5.66. The number of allylic oxidation sites excluding steroid dienone is 1. The van der Waals surface area contributed by atoms with E-state index in [2.05, 4.69) is 5.32 Å². The summed E-state index contributed by atoms with van der Waals surface area (Å²) in [4.78, 5) is 11.2. The summed E-state index contributed by atoms with van der Waals surface area (Å²) in [5.41, 5.74) is 0.0313. The van der Waals surface area contributed by atoms with Crippen LogP contribution in [0.15, 0.2) is 11.5 Å². The van der Waals surface area contributed by atoms with Gasteiger partial charge in [0.15, 0.2) is 6.29 Å². The van der Waals surface area contributed by atoms with Crippen LogP contribution in [-0.4, -0.2) is 40.7 Å². The number of carbonyl (C=O) groups is 1. The highest BCUT2D eigenvalue weighted by Crippen LogP contribution is 2.19. The van der Waals surface area contributed by atoms with Crippen molar-refractivity contribution in [2.24, 2.45) is 5.92 Å². The summed E-state index contributed by atoms with van der Waals surface area (Å²) in [7, 11) is 0. The maximum atomic E-state index is 11.2. The van der Waals surface area contributed by atoms with Gasteiger partial charge in [0.2, 0.25) is 5.91 Å². The van der Waals surface area contributed by atoms with Crippen LogP contribution in [0.5, 0.6) is 0 Å². The highest BCUT2D eigenvalue weighted by Gasteiger charge is 2.21. The van der Waals surface area contributed by atoms with Crippen molar-refractivity contribution in [2.75, 3.05) is 13.2 Å². The number of ether oxygens (including phenoxy) is 1. The molecule has 0 unspecified atom stereocenters. The first-order valence-electron chi connectivity index (χ1n) is 8.05. The van der Waals surface area contributed by atoms with Gasteiger partial charge in [-0.3, -0.25) is 4.79 Å². The molecule has 0 fully saturated rings. The van der Waals surface area contributed by atoms with Crippen LogP contribution in [0.4, 0.5) is 0 Å². The molecule has 1 amide bonds. The molecule has 0 aliphatic heterocycles. The summed E-state index contributed by atoms with van der Waals surface area (Å²) in [6.07, 6.45) is 3.60. The van der Waals surface area contributed by atoms with Gasteiger partial charge >= 0.3 is 0 Å². The molecule has 0 aromatic carbocycles. The second-order valence-corrected chi connectivity index (χ2v) is 5.53. The summed E-state index contributed by atoms with van der Waals surface area (Å²) >= 11 is 0. The van der Waals surface area contributed by atoms with Crippen molar-refractivity contribution >= 4 is 5.91 Å². The smallest absolute Gasteiger partial charge is 0.221 e. The lowest BCUT2D eigenvalue weighted by Crippen LogP contribution is -2.32. The average molecular weight is 317 g/mol. The summed E-state index contributed by atoms with van der Waals surface area (Å²) < 4.78 is 5.30. The molecular formula is C16H31NO5. The van der Waals surface area contributed by atoms with Gasteiger partial charge in [0, 0.05) is 19.4 Å². The first-order chi connectivity index (χ1) is 10.4. The number of aliphatic hydroxyl groups is 3. The van der Waals surface area contributed by atoms with E-state index >= 15 is 0 Å². The van der Waals surface area contributed by atoms with Crippen LogP contribution in [0.3, 0.4) is 0 Å². The third-order valence-corrected chi connectivity index (χ3v) is 3.35. The van der Waals surface area contributed by atoms with Gasteiger partial charge in [-0.15, -0.1) is 0 Å². The minimum absolute atomic E-state index is 0.0313. The monoisotopic (exact) mass is 317 g/mol. The molecule has 0 aromatic rings. The zero-order valence-corrected chi connectivity index (χ0v) is 14.0. The Kier molecular flexibility index (Phi) is 11.8. The Balaban J connectivity index is 4.54. The Labute approximate surface area is 133 Å². The molecule has 0 radical (unpaired) electrons. The quantitative estimate of drug-likeness (QED) is 0.251. The van der Waals surface area contributed by atoms with E-state index in [-0.39, 0.29) is 29.9 Å². The molecule has 0 bridgehead atoms. The predicted molar refractivity (Wildman–Crippen MR) is 85.1 cm³/mol. The van der Waals surface area contributed by atoms with Crippen molar-refractivity contribution in [3.8, 4) is 0 Å². The highest BCUT2D eigenvalue weighted by atomic mass is 16.6. The highest BCUT2D eigenvalue weighted by molar-refractivity contribution is 5.75. The molecule has 6 nitrogen and oxygen atoms in total.